The molecule has 0 atom stereocenters. The summed E-state index contributed by atoms with van der Waals surface area (Å²) in [4.78, 5) is 24.2. The number of anilines is 1. The van der Waals surface area contributed by atoms with E-state index in [4.69, 9.17) is 11.6 Å². The Labute approximate surface area is 119 Å². The van der Waals surface area contributed by atoms with E-state index in [0.29, 0.717) is 22.2 Å². The number of carbonyl (C=O) groups is 1. The third-order valence-corrected chi connectivity index (χ3v) is 2.89. The summed E-state index contributed by atoms with van der Waals surface area (Å²) in [6.45, 7) is 0. The molecule has 20 heavy (non-hydrogen) atoms. The van der Waals surface area contributed by atoms with Crippen LogP contribution in [0.4, 0.5) is 5.82 Å². The minimum absolute atomic E-state index is 0.271. The molecule has 0 radical (unpaired) electrons. The molecule has 0 fully saturated rings. The molecule has 0 unspecified atom stereocenters. The number of hydrogen-bond acceptors (Lipinski definition) is 4. The predicted octanol–water partition coefficient (Wildman–Crippen LogP) is 2.93. The molecule has 0 saturated carbocycles. The lowest BCUT2D eigenvalue weighted by molar-refractivity contribution is 0.102. The van der Waals surface area contributed by atoms with Gasteiger partial charge < -0.3 is 5.32 Å². The summed E-state index contributed by atoms with van der Waals surface area (Å²) in [5.41, 5.74) is 0.954. The van der Waals surface area contributed by atoms with Crippen molar-refractivity contribution in [2.24, 2.45) is 0 Å². The van der Waals surface area contributed by atoms with Crippen LogP contribution in [0.2, 0.25) is 5.15 Å². The van der Waals surface area contributed by atoms with Gasteiger partial charge in [-0.25, -0.2) is 9.97 Å². The number of fused-ring (bicyclic) bond motifs is 1. The number of aromatic nitrogens is 3. The zero-order chi connectivity index (χ0) is 13.9. The van der Waals surface area contributed by atoms with Gasteiger partial charge in [0, 0.05) is 17.8 Å². The van der Waals surface area contributed by atoms with Crippen LogP contribution in [0, 0.1) is 0 Å². The van der Waals surface area contributed by atoms with Gasteiger partial charge in [-0.15, -0.1) is 0 Å². The zero-order valence-corrected chi connectivity index (χ0v) is 11.0. The molecule has 0 saturated heterocycles. The summed E-state index contributed by atoms with van der Waals surface area (Å²) in [5.74, 6) is 0.146. The fourth-order valence-corrected chi connectivity index (χ4v) is 1.87. The quantitative estimate of drug-likeness (QED) is 0.735. The monoisotopic (exact) mass is 284 g/mol. The van der Waals surface area contributed by atoms with Crippen molar-refractivity contribution >= 4 is 34.4 Å². The van der Waals surface area contributed by atoms with E-state index in [1.807, 2.05) is 12.1 Å². The minimum atomic E-state index is -0.271. The molecule has 3 aromatic rings. The highest BCUT2D eigenvalue weighted by molar-refractivity contribution is 6.29. The maximum absolute atomic E-state index is 12.0. The van der Waals surface area contributed by atoms with Crippen LogP contribution in [0.1, 0.15) is 10.4 Å². The van der Waals surface area contributed by atoms with Crippen molar-refractivity contribution in [3.8, 4) is 0 Å². The summed E-state index contributed by atoms with van der Waals surface area (Å²) < 4.78 is 0. The molecule has 0 spiro atoms. The van der Waals surface area contributed by atoms with Crippen molar-refractivity contribution in [3.63, 3.8) is 0 Å². The molecule has 0 bridgehead atoms. The lowest BCUT2D eigenvalue weighted by atomic mass is 10.2. The van der Waals surface area contributed by atoms with E-state index in [9.17, 15) is 4.79 Å². The van der Waals surface area contributed by atoms with Crippen molar-refractivity contribution in [2.45, 2.75) is 0 Å². The van der Waals surface area contributed by atoms with Crippen molar-refractivity contribution in [1.82, 2.24) is 15.0 Å². The SMILES string of the molecule is O=C(Nc1ccc2ccc(Cl)nc2n1)c1cccnc1. The number of hydrogen-bond donors (Lipinski definition) is 1. The average Bonchev–Trinajstić information content (AvgIpc) is 2.47. The molecule has 6 heteroatoms. The molecule has 0 aromatic carbocycles. The number of carbonyl (C=O) groups excluding carboxylic acids is 1. The summed E-state index contributed by atoms with van der Waals surface area (Å²) in [6.07, 6.45) is 3.10. The molecule has 1 N–H and O–H groups in total. The zero-order valence-electron chi connectivity index (χ0n) is 10.2. The maximum atomic E-state index is 12.0. The van der Waals surface area contributed by atoms with Crippen LogP contribution >= 0.6 is 11.6 Å². The smallest absolute Gasteiger partial charge is 0.258 e. The highest BCUT2D eigenvalue weighted by Gasteiger charge is 2.07. The van der Waals surface area contributed by atoms with Gasteiger partial charge in [-0.1, -0.05) is 11.6 Å². The van der Waals surface area contributed by atoms with E-state index >= 15 is 0 Å². The van der Waals surface area contributed by atoms with Gasteiger partial charge in [0.1, 0.15) is 11.0 Å². The number of amides is 1. The van der Waals surface area contributed by atoms with Crippen molar-refractivity contribution in [2.75, 3.05) is 5.32 Å². The largest absolute Gasteiger partial charge is 0.306 e. The van der Waals surface area contributed by atoms with Crippen molar-refractivity contribution < 1.29 is 4.79 Å². The van der Waals surface area contributed by atoms with E-state index in [-0.39, 0.29) is 5.91 Å². The second-order valence-corrected chi connectivity index (χ2v) is 4.46. The molecule has 0 aliphatic heterocycles. The van der Waals surface area contributed by atoms with Crippen LogP contribution in [0.25, 0.3) is 11.0 Å². The molecule has 0 aliphatic rings. The second kappa shape index (κ2) is 5.22. The molecule has 1 amide bonds. The summed E-state index contributed by atoms with van der Waals surface area (Å²) >= 11 is 5.83. The molecular formula is C14H9ClN4O. The topological polar surface area (TPSA) is 67.8 Å². The van der Waals surface area contributed by atoms with Gasteiger partial charge in [0.2, 0.25) is 0 Å². The van der Waals surface area contributed by atoms with Gasteiger partial charge in [-0.3, -0.25) is 9.78 Å². The molecular weight excluding hydrogens is 276 g/mol. The Hall–Kier alpha value is -2.53. The Balaban J connectivity index is 1.89. The fraction of sp³-hybridized carbons (Fsp3) is 0. The number of nitrogens with zero attached hydrogens (tertiary/aromatic N) is 3. The first-order valence-corrected chi connectivity index (χ1v) is 6.25. The van der Waals surface area contributed by atoms with Gasteiger partial charge in [0.15, 0.2) is 5.65 Å². The lowest BCUT2D eigenvalue weighted by Crippen LogP contribution is -2.13. The van der Waals surface area contributed by atoms with E-state index in [1.54, 1.807) is 30.5 Å². The summed E-state index contributed by atoms with van der Waals surface area (Å²) in [6, 6.07) is 10.4. The van der Waals surface area contributed by atoms with Gasteiger partial charge in [-0.05, 0) is 36.4 Å². The highest BCUT2D eigenvalue weighted by Crippen LogP contribution is 2.16. The summed E-state index contributed by atoms with van der Waals surface area (Å²) in [5, 5.41) is 3.91. The van der Waals surface area contributed by atoms with E-state index in [0.717, 1.165) is 5.39 Å². The first kappa shape index (κ1) is 12.5. The summed E-state index contributed by atoms with van der Waals surface area (Å²) in [7, 11) is 0. The normalized spacial score (nSPS) is 10.4. The maximum Gasteiger partial charge on any atom is 0.258 e. The van der Waals surface area contributed by atoms with Crippen LogP contribution < -0.4 is 5.32 Å². The molecule has 5 nitrogen and oxygen atoms in total. The Kier molecular flexibility index (Phi) is 3.26. The highest BCUT2D eigenvalue weighted by atomic mass is 35.5. The fourth-order valence-electron chi connectivity index (χ4n) is 1.73. The molecule has 3 aromatic heterocycles. The van der Waals surface area contributed by atoms with E-state index in [2.05, 4.69) is 20.3 Å². The number of pyridine rings is 3. The number of rotatable bonds is 2. The van der Waals surface area contributed by atoms with Crippen LogP contribution in [-0.2, 0) is 0 Å². The standard InChI is InChI=1S/C14H9ClN4O/c15-11-5-3-9-4-6-12(18-13(9)17-11)19-14(20)10-2-1-7-16-8-10/h1-8H,(H,17,18,19,20). The Morgan fingerprint density at radius 1 is 1.10 bits per heavy atom. The van der Waals surface area contributed by atoms with Crippen molar-refractivity contribution in [1.29, 1.82) is 0 Å². The Morgan fingerprint density at radius 2 is 1.95 bits per heavy atom. The molecule has 3 rings (SSSR count). The average molecular weight is 285 g/mol. The van der Waals surface area contributed by atoms with E-state index in [1.165, 1.54) is 6.20 Å². The third kappa shape index (κ3) is 2.57. The number of halogens is 1. The van der Waals surface area contributed by atoms with Crippen LogP contribution in [0.5, 0.6) is 0 Å². The first-order chi connectivity index (χ1) is 9.72. The molecule has 0 aliphatic carbocycles. The Morgan fingerprint density at radius 3 is 2.75 bits per heavy atom. The van der Waals surface area contributed by atoms with Gasteiger partial charge in [0.05, 0.1) is 5.56 Å². The lowest BCUT2D eigenvalue weighted by Gasteiger charge is -2.05. The minimum Gasteiger partial charge on any atom is -0.306 e. The third-order valence-electron chi connectivity index (χ3n) is 2.68. The molecule has 3 heterocycles. The second-order valence-electron chi connectivity index (χ2n) is 4.07. The number of nitrogens with one attached hydrogen (secondary N) is 1. The molecule has 98 valence electrons. The van der Waals surface area contributed by atoms with E-state index < -0.39 is 0 Å². The van der Waals surface area contributed by atoms with Gasteiger partial charge >= 0.3 is 0 Å². The van der Waals surface area contributed by atoms with Crippen molar-refractivity contribution in [3.05, 3.63) is 59.5 Å². The Bertz CT molecular complexity index is 776. The van der Waals surface area contributed by atoms with Crippen LogP contribution in [0.3, 0.4) is 0 Å². The predicted molar refractivity (Wildman–Crippen MR) is 76.7 cm³/mol. The first-order valence-electron chi connectivity index (χ1n) is 5.87. The van der Waals surface area contributed by atoms with Gasteiger partial charge in [0.25, 0.3) is 5.91 Å². The van der Waals surface area contributed by atoms with Crippen LogP contribution in [0.15, 0.2) is 48.8 Å². The van der Waals surface area contributed by atoms with Crippen LogP contribution in [-0.4, -0.2) is 20.9 Å². The van der Waals surface area contributed by atoms with Gasteiger partial charge in [-0.2, -0.15) is 0 Å².